The average molecular weight is 230 g/mol. The lowest BCUT2D eigenvalue weighted by atomic mass is 9.87. The molecule has 0 aliphatic rings. The maximum atomic E-state index is 6.11. The van der Waals surface area contributed by atoms with Crippen molar-refractivity contribution in [1.82, 2.24) is 4.90 Å². The van der Waals surface area contributed by atoms with Crippen LogP contribution in [0.3, 0.4) is 0 Å². The minimum absolute atomic E-state index is 0.314. The van der Waals surface area contributed by atoms with E-state index in [0.717, 1.165) is 39.1 Å². The van der Waals surface area contributed by atoms with Gasteiger partial charge in [0.2, 0.25) is 0 Å². The molecule has 0 spiro atoms. The molecule has 16 heavy (non-hydrogen) atoms. The van der Waals surface area contributed by atoms with E-state index in [1.807, 2.05) is 6.92 Å². The Hall–Kier alpha value is -0.120. The van der Waals surface area contributed by atoms with Gasteiger partial charge in [-0.25, -0.2) is 0 Å². The van der Waals surface area contributed by atoms with Crippen molar-refractivity contribution in [3.63, 3.8) is 0 Å². The molecule has 0 amide bonds. The molecule has 3 heteroatoms. The van der Waals surface area contributed by atoms with Gasteiger partial charge in [0.05, 0.1) is 6.61 Å². The fourth-order valence-electron chi connectivity index (χ4n) is 1.75. The van der Waals surface area contributed by atoms with Crippen LogP contribution in [0.1, 0.15) is 40.5 Å². The first-order valence-corrected chi connectivity index (χ1v) is 6.37. The highest BCUT2D eigenvalue weighted by atomic mass is 16.5. The minimum atomic E-state index is 0.314. The Morgan fingerprint density at radius 3 is 2.38 bits per heavy atom. The monoisotopic (exact) mass is 230 g/mol. The van der Waals surface area contributed by atoms with Gasteiger partial charge in [-0.1, -0.05) is 20.8 Å². The van der Waals surface area contributed by atoms with Gasteiger partial charge < -0.3 is 15.4 Å². The molecule has 0 aromatic rings. The van der Waals surface area contributed by atoms with E-state index >= 15 is 0 Å². The maximum absolute atomic E-state index is 6.11. The average Bonchev–Trinajstić information content (AvgIpc) is 2.12. The van der Waals surface area contributed by atoms with E-state index in [0.29, 0.717) is 11.5 Å². The Morgan fingerprint density at radius 2 is 1.88 bits per heavy atom. The lowest BCUT2D eigenvalue weighted by Gasteiger charge is -2.25. The normalized spacial score (nSPS) is 14.4. The molecule has 0 aromatic heterocycles. The van der Waals surface area contributed by atoms with Crippen molar-refractivity contribution in [1.29, 1.82) is 0 Å². The third-order valence-corrected chi connectivity index (χ3v) is 2.58. The molecular formula is C13H30N2O. The van der Waals surface area contributed by atoms with Gasteiger partial charge in [0.1, 0.15) is 0 Å². The van der Waals surface area contributed by atoms with E-state index in [2.05, 4.69) is 32.7 Å². The molecule has 2 N–H and O–H groups in total. The first kappa shape index (κ1) is 15.9. The predicted octanol–water partition coefficient (Wildman–Crippen LogP) is 2.11. The maximum Gasteiger partial charge on any atom is 0.0593 e. The van der Waals surface area contributed by atoms with Crippen molar-refractivity contribution in [2.45, 2.75) is 46.6 Å². The smallest absolute Gasteiger partial charge is 0.0593 e. The van der Waals surface area contributed by atoms with Gasteiger partial charge in [-0.3, -0.25) is 0 Å². The van der Waals surface area contributed by atoms with E-state index in [1.54, 1.807) is 0 Å². The molecular weight excluding hydrogens is 200 g/mol. The molecule has 3 nitrogen and oxygen atoms in total. The van der Waals surface area contributed by atoms with Gasteiger partial charge in [0, 0.05) is 19.2 Å². The highest BCUT2D eigenvalue weighted by molar-refractivity contribution is 4.72. The molecule has 0 fully saturated rings. The number of ether oxygens (including phenoxy) is 1. The minimum Gasteiger partial charge on any atom is -0.380 e. The molecule has 0 saturated carbocycles. The first-order chi connectivity index (χ1) is 7.35. The van der Waals surface area contributed by atoms with E-state index < -0.39 is 0 Å². The molecule has 0 rings (SSSR count). The van der Waals surface area contributed by atoms with Crippen LogP contribution in [0.25, 0.3) is 0 Å². The predicted molar refractivity (Wildman–Crippen MR) is 70.7 cm³/mol. The van der Waals surface area contributed by atoms with Crippen LogP contribution >= 0.6 is 0 Å². The second-order valence-electron chi connectivity index (χ2n) is 5.81. The Kier molecular flexibility index (Phi) is 7.98. The molecule has 0 bridgehead atoms. The number of rotatable bonds is 8. The van der Waals surface area contributed by atoms with Crippen molar-refractivity contribution in [3.8, 4) is 0 Å². The Morgan fingerprint density at radius 1 is 1.25 bits per heavy atom. The number of hydrogen-bond donors (Lipinski definition) is 1. The van der Waals surface area contributed by atoms with Crippen molar-refractivity contribution in [3.05, 3.63) is 0 Å². The second-order valence-corrected chi connectivity index (χ2v) is 5.81. The van der Waals surface area contributed by atoms with Gasteiger partial charge >= 0.3 is 0 Å². The molecule has 98 valence electrons. The van der Waals surface area contributed by atoms with Crippen LogP contribution in [0.15, 0.2) is 0 Å². The molecule has 0 aromatic carbocycles. The zero-order chi connectivity index (χ0) is 12.6. The molecule has 0 aliphatic carbocycles. The molecule has 0 heterocycles. The van der Waals surface area contributed by atoms with Crippen LogP contribution in [0.2, 0.25) is 0 Å². The summed E-state index contributed by atoms with van der Waals surface area (Å²) in [6.45, 7) is 12.4. The number of nitrogens with zero attached hydrogens (tertiary/aromatic N) is 1. The van der Waals surface area contributed by atoms with Crippen LogP contribution < -0.4 is 5.73 Å². The quantitative estimate of drug-likeness (QED) is 0.649. The zero-order valence-corrected chi connectivity index (χ0v) is 11.8. The Labute approximate surface area is 101 Å². The third-order valence-electron chi connectivity index (χ3n) is 2.58. The first-order valence-electron chi connectivity index (χ1n) is 6.37. The summed E-state index contributed by atoms with van der Waals surface area (Å²) in [5.74, 6) is 0. The molecule has 1 unspecified atom stereocenters. The summed E-state index contributed by atoms with van der Waals surface area (Å²) in [5.41, 5.74) is 6.44. The van der Waals surface area contributed by atoms with Crippen LogP contribution in [0.4, 0.5) is 0 Å². The second kappa shape index (κ2) is 8.04. The highest BCUT2D eigenvalue weighted by Crippen LogP contribution is 2.20. The van der Waals surface area contributed by atoms with Crippen molar-refractivity contribution >= 4 is 0 Å². The van der Waals surface area contributed by atoms with Crippen molar-refractivity contribution in [2.75, 3.05) is 33.4 Å². The van der Waals surface area contributed by atoms with Gasteiger partial charge in [-0.05, 0) is 38.8 Å². The summed E-state index contributed by atoms with van der Waals surface area (Å²) in [4.78, 5) is 2.29. The summed E-state index contributed by atoms with van der Waals surface area (Å²) in [6.07, 6.45) is 2.16. The SMILES string of the molecule is CCOCCN(C)CCC(N)CC(C)(C)C. The zero-order valence-electron chi connectivity index (χ0n) is 11.8. The van der Waals surface area contributed by atoms with E-state index in [1.165, 1.54) is 0 Å². The van der Waals surface area contributed by atoms with Crippen LogP contribution in [-0.2, 0) is 4.74 Å². The van der Waals surface area contributed by atoms with Gasteiger partial charge in [0.15, 0.2) is 0 Å². The number of likely N-dealkylation sites (N-methyl/N-ethyl adjacent to an activating group) is 1. The Bertz CT molecular complexity index is 166. The molecule has 0 radical (unpaired) electrons. The van der Waals surface area contributed by atoms with Crippen LogP contribution in [-0.4, -0.2) is 44.3 Å². The molecule has 0 aliphatic heterocycles. The van der Waals surface area contributed by atoms with Crippen molar-refractivity contribution < 1.29 is 4.74 Å². The molecule has 1 atom stereocenters. The van der Waals surface area contributed by atoms with Crippen LogP contribution in [0.5, 0.6) is 0 Å². The summed E-state index contributed by atoms with van der Waals surface area (Å²) < 4.78 is 5.32. The lowest BCUT2D eigenvalue weighted by molar-refractivity contribution is 0.120. The van der Waals surface area contributed by atoms with Crippen LogP contribution in [0, 0.1) is 5.41 Å². The molecule has 0 saturated heterocycles. The van der Waals surface area contributed by atoms with Gasteiger partial charge in [0.25, 0.3) is 0 Å². The lowest BCUT2D eigenvalue weighted by Crippen LogP contribution is -2.32. The standard InChI is InChI=1S/C13H30N2O/c1-6-16-10-9-15(5)8-7-12(14)11-13(2,3)4/h12H,6-11,14H2,1-5H3. The summed E-state index contributed by atoms with van der Waals surface area (Å²) in [7, 11) is 2.13. The van der Waals surface area contributed by atoms with E-state index in [9.17, 15) is 0 Å². The highest BCUT2D eigenvalue weighted by Gasteiger charge is 2.15. The summed E-state index contributed by atoms with van der Waals surface area (Å²) in [6, 6.07) is 0.314. The summed E-state index contributed by atoms with van der Waals surface area (Å²) >= 11 is 0. The fraction of sp³-hybridized carbons (Fsp3) is 1.00. The fourth-order valence-corrected chi connectivity index (χ4v) is 1.75. The van der Waals surface area contributed by atoms with Crippen molar-refractivity contribution in [2.24, 2.45) is 11.1 Å². The van der Waals surface area contributed by atoms with Gasteiger partial charge in [-0.2, -0.15) is 0 Å². The largest absolute Gasteiger partial charge is 0.380 e. The topological polar surface area (TPSA) is 38.5 Å². The Balaban J connectivity index is 3.55. The van der Waals surface area contributed by atoms with E-state index in [4.69, 9.17) is 10.5 Å². The van der Waals surface area contributed by atoms with E-state index in [-0.39, 0.29) is 0 Å². The van der Waals surface area contributed by atoms with Gasteiger partial charge in [-0.15, -0.1) is 0 Å². The summed E-state index contributed by atoms with van der Waals surface area (Å²) in [5, 5.41) is 0. The third kappa shape index (κ3) is 10.4. The number of nitrogens with two attached hydrogens (primary N) is 1. The number of hydrogen-bond acceptors (Lipinski definition) is 3.